The number of rotatable bonds is 2. The first kappa shape index (κ1) is 9.68. The second-order valence-electron chi connectivity index (χ2n) is 3.26. The summed E-state index contributed by atoms with van der Waals surface area (Å²) in [5, 5.41) is 5.25. The highest BCUT2D eigenvalue weighted by Crippen LogP contribution is 2.22. The number of carbonyl (C=O) groups is 1. The second kappa shape index (κ2) is 4.11. The number of nitrogens with one attached hydrogen (secondary N) is 1. The van der Waals surface area contributed by atoms with Crippen LogP contribution >= 0.6 is 11.3 Å². The van der Waals surface area contributed by atoms with E-state index in [0.717, 1.165) is 13.0 Å². The van der Waals surface area contributed by atoms with Crippen LogP contribution in [0.25, 0.3) is 0 Å². The lowest BCUT2D eigenvalue weighted by atomic mass is 10.0. The van der Waals surface area contributed by atoms with Crippen molar-refractivity contribution < 1.29 is 9.53 Å². The molecule has 0 aromatic carbocycles. The SMILES string of the molecule is CCOC(=O)C1Cc2ccsc2CN1. The van der Waals surface area contributed by atoms with Gasteiger partial charge in [0.1, 0.15) is 6.04 Å². The first-order valence-electron chi connectivity index (χ1n) is 4.76. The van der Waals surface area contributed by atoms with E-state index in [0.29, 0.717) is 6.61 Å². The fourth-order valence-corrected chi connectivity index (χ4v) is 2.49. The number of hydrogen-bond donors (Lipinski definition) is 1. The van der Waals surface area contributed by atoms with Gasteiger partial charge in [-0.2, -0.15) is 0 Å². The minimum Gasteiger partial charge on any atom is -0.465 e. The van der Waals surface area contributed by atoms with Gasteiger partial charge in [-0.15, -0.1) is 11.3 Å². The van der Waals surface area contributed by atoms with Crippen molar-refractivity contribution in [3.8, 4) is 0 Å². The molecule has 1 aromatic heterocycles. The summed E-state index contributed by atoms with van der Waals surface area (Å²) in [6.45, 7) is 3.07. The topological polar surface area (TPSA) is 38.3 Å². The second-order valence-corrected chi connectivity index (χ2v) is 4.26. The third-order valence-electron chi connectivity index (χ3n) is 2.34. The van der Waals surface area contributed by atoms with Crippen LogP contribution in [0.2, 0.25) is 0 Å². The highest BCUT2D eigenvalue weighted by Gasteiger charge is 2.25. The van der Waals surface area contributed by atoms with Gasteiger partial charge in [-0.25, -0.2) is 0 Å². The molecule has 1 aliphatic rings. The largest absolute Gasteiger partial charge is 0.465 e. The lowest BCUT2D eigenvalue weighted by Gasteiger charge is -2.21. The Morgan fingerprint density at radius 3 is 3.43 bits per heavy atom. The van der Waals surface area contributed by atoms with Crippen molar-refractivity contribution in [3.05, 3.63) is 21.9 Å². The maximum Gasteiger partial charge on any atom is 0.323 e. The van der Waals surface area contributed by atoms with E-state index in [-0.39, 0.29) is 12.0 Å². The van der Waals surface area contributed by atoms with Crippen molar-refractivity contribution in [1.82, 2.24) is 5.32 Å². The lowest BCUT2D eigenvalue weighted by molar-refractivity contribution is -0.145. The summed E-state index contributed by atoms with van der Waals surface area (Å²) in [6.07, 6.45) is 0.762. The van der Waals surface area contributed by atoms with Crippen molar-refractivity contribution in [2.75, 3.05) is 6.61 Å². The van der Waals surface area contributed by atoms with Crippen molar-refractivity contribution in [2.24, 2.45) is 0 Å². The van der Waals surface area contributed by atoms with Gasteiger partial charge in [0.25, 0.3) is 0 Å². The molecule has 0 saturated heterocycles. The number of carbonyl (C=O) groups excluding carboxylic acids is 1. The Labute approximate surface area is 87.1 Å². The van der Waals surface area contributed by atoms with Gasteiger partial charge >= 0.3 is 5.97 Å². The molecule has 0 fully saturated rings. The molecular formula is C10H13NO2S. The van der Waals surface area contributed by atoms with Crippen LogP contribution in [0.3, 0.4) is 0 Å². The molecule has 3 nitrogen and oxygen atoms in total. The van der Waals surface area contributed by atoms with Crippen LogP contribution in [0.4, 0.5) is 0 Å². The van der Waals surface area contributed by atoms with E-state index in [1.54, 1.807) is 11.3 Å². The van der Waals surface area contributed by atoms with Gasteiger partial charge < -0.3 is 4.74 Å². The molecular weight excluding hydrogens is 198 g/mol. The normalized spacial score (nSPS) is 20.2. The van der Waals surface area contributed by atoms with E-state index in [4.69, 9.17) is 4.74 Å². The monoisotopic (exact) mass is 211 g/mol. The van der Waals surface area contributed by atoms with Gasteiger partial charge in [0.15, 0.2) is 0 Å². The average Bonchev–Trinajstić information content (AvgIpc) is 2.64. The highest BCUT2D eigenvalue weighted by molar-refractivity contribution is 7.10. The molecule has 1 aliphatic heterocycles. The zero-order chi connectivity index (χ0) is 9.97. The van der Waals surface area contributed by atoms with Crippen LogP contribution in [-0.4, -0.2) is 18.6 Å². The molecule has 2 heterocycles. The zero-order valence-corrected chi connectivity index (χ0v) is 8.89. The van der Waals surface area contributed by atoms with Crippen molar-refractivity contribution >= 4 is 17.3 Å². The maximum absolute atomic E-state index is 11.4. The minimum atomic E-state index is -0.156. The fourth-order valence-electron chi connectivity index (χ4n) is 1.62. The summed E-state index contributed by atoms with van der Waals surface area (Å²) in [5.41, 5.74) is 1.28. The number of thiophene rings is 1. The smallest absolute Gasteiger partial charge is 0.323 e. The van der Waals surface area contributed by atoms with E-state index in [1.165, 1.54) is 10.4 Å². The predicted molar refractivity (Wildman–Crippen MR) is 55.3 cm³/mol. The standard InChI is InChI=1S/C10H13NO2S/c1-2-13-10(12)8-5-7-3-4-14-9(7)6-11-8/h3-4,8,11H,2,5-6H2,1H3. The van der Waals surface area contributed by atoms with Gasteiger partial charge in [-0.1, -0.05) is 0 Å². The van der Waals surface area contributed by atoms with Gasteiger partial charge in [0.2, 0.25) is 0 Å². The third-order valence-corrected chi connectivity index (χ3v) is 3.31. The van der Waals surface area contributed by atoms with Gasteiger partial charge in [-0.3, -0.25) is 10.1 Å². The number of esters is 1. The Balaban J connectivity index is 2.04. The molecule has 1 aromatic rings. The maximum atomic E-state index is 11.4. The molecule has 2 rings (SSSR count). The molecule has 0 aliphatic carbocycles. The molecule has 1 atom stereocenters. The lowest BCUT2D eigenvalue weighted by Crippen LogP contribution is -2.42. The predicted octanol–water partition coefficient (Wildman–Crippen LogP) is 1.33. The molecule has 0 bridgehead atoms. The first-order chi connectivity index (χ1) is 6.81. The quantitative estimate of drug-likeness (QED) is 0.750. The van der Waals surface area contributed by atoms with E-state index in [1.807, 2.05) is 6.92 Å². The van der Waals surface area contributed by atoms with Crippen molar-refractivity contribution in [3.63, 3.8) is 0 Å². The summed E-state index contributed by atoms with van der Waals surface area (Å²) in [6, 6.07) is 1.93. The Hall–Kier alpha value is -0.870. The first-order valence-corrected chi connectivity index (χ1v) is 5.64. The minimum absolute atomic E-state index is 0.135. The Morgan fingerprint density at radius 1 is 1.79 bits per heavy atom. The molecule has 0 saturated carbocycles. The molecule has 76 valence electrons. The number of fused-ring (bicyclic) bond motifs is 1. The molecule has 4 heteroatoms. The summed E-state index contributed by atoms with van der Waals surface area (Å²) >= 11 is 1.74. The van der Waals surface area contributed by atoms with Gasteiger partial charge in [-0.05, 0) is 30.4 Å². The van der Waals surface area contributed by atoms with Crippen LogP contribution in [0.1, 0.15) is 17.4 Å². The Bertz CT molecular complexity index is 335. The molecule has 0 amide bonds. The van der Waals surface area contributed by atoms with E-state index < -0.39 is 0 Å². The zero-order valence-electron chi connectivity index (χ0n) is 8.08. The highest BCUT2D eigenvalue weighted by atomic mass is 32.1. The number of hydrogen-bond acceptors (Lipinski definition) is 4. The van der Waals surface area contributed by atoms with Crippen molar-refractivity contribution in [2.45, 2.75) is 25.9 Å². The molecule has 1 N–H and O–H groups in total. The van der Waals surface area contributed by atoms with Crippen LogP contribution < -0.4 is 5.32 Å². The van der Waals surface area contributed by atoms with Crippen LogP contribution in [0.15, 0.2) is 11.4 Å². The van der Waals surface area contributed by atoms with Gasteiger partial charge in [0, 0.05) is 11.4 Å². The molecule has 0 radical (unpaired) electrons. The summed E-state index contributed by atoms with van der Waals surface area (Å²) in [5.74, 6) is -0.135. The average molecular weight is 211 g/mol. The summed E-state index contributed by atoms with van der Waals surface area (Å²) in [4.78, 5) is 12.8. The van der Waals surface area contributed by atoms with Gasteiger partial charge in [0.05, 0.1) is 6.61 Å². The Morgan fingerprint density at radius 2 is 2.64 bits per heavy atom. The third kappa shape index (κ3) is 1.81. The van der Waals surface area contributed by atoms with E-state index in [9.17, 15) is 4.79 Å². The van der Waals surface area contributed by atoms with E-state index in [2.05, 4.69) is 16.8 Å². The molecule has 1 unspecified atom stereocenters. The van der Waals surface area contributed by atoms with Crippen LogP contribution in [-0.2, 0) is 22.5 Å². The van der Waals surface area contributed by atoms with E-state index >= 15 is 0 Å². The number of ether oxygens (including phenoxy) is 1. The van der Waals surface area contributed by atoms with Crippen molar-refractivity contribution in [1.29, 1.82) is 0 Å². The van der Waals surface area contributed by atoms with Crippen LogP contribution in [0, 0.1) is 0 Å². The molecule has 0 spiro atoms. The fraction of sp³-hybridized carbons (Fsp3) is 0.500. The summed E-state index contributed by atoms with van der Waals surface area (Å²) < 4.78 is 4.97. The van der Waals surface area contributed by atoms with Crippen LogP contribution in [0.5, 0.6) is 0 Å². The Kier molecular flexibility index (Phi) is 2.84. The summed E-state index contributed by atoms with van der Waals surface area (Å²) in [7, 11) is 0. The molecule has 14 heavy (non-hydrogen) atoms.